The molecular weight excluding hydrogens is 367 g/mol. The van der Waals surface area contributed by atoms with Crippen LogP contribution in [0.2, 0.25) is 0 Å². The van der Waals surface area contributed by atoms with Gasteiger partial charge in [-0.3, -0.25) is 15.0 Å². The largest absolute Gasteiger partial charge is 0.480 e. The molecule has 148 valence electrons. The van der Waals surface area contributed by atoms with E-state index in [1.807, 2.05) is 0 Å². The van der Waals surface area contributed by atoms with E-state index < -0.39 is 36.2 Å². The number of aliphatic hydroxyl groups is 1. The molecule has 1 aliphatic heterocycles. The number of nitrogens with zero attached hydrogens (tertiary/aromatic N) is 2. The summed E-state index contributed by atoms with van der Waals surface area (Å²) in [7, 11) is 0. The lowest BCUT2D eigenvalue weighted by molar-refractivity contribution is -0.190. The van der Waals surface area contributed by atoms with E-state index >= 15 is 0 Å². The van der Waals surface area contributed by atoms with Gasteiger partial charge in [0, 0.05) is 12.2 Å². The van der Waals surface area contributed by atoms with Crippen LogP contribution in [-0.2, 0) is 16.0 Å². The number of nitrogen functional groups attached to an aromatic ring is 1. The van der Waals surface area contributed by atoms with Gasteiger partial charge in [0.15, 0.2) is 6.35 Å². The first kappa shape index (κ1) is 19.7. The zero-order valence-electron chi connectivity index (χ0n) is 15.1. The number of carboxylic acid groups (broad SMARTS) is 1. The topological polar surface area (TPSA) is 129 Å². The molecular formula is C19H21FN4O4. The first-order valence-corrected chi connectivity index (χ1v) is 8.73. The second-order valence-corrected chi connectivity index (χ2v) is 6.74. The molecule has 1 aromatic carbocycles. The van der Waals surface area contributed by atoms with Crippen LogP contribution in [-0.4, -0.2) is 44.4 Å². The zero-order valence-corrected chi connectivity index (χ0v) is 15.1. The van der Waals surface area contributed by atoms with Crippen molar-refractivity contribution in [1.29, 1.82) is 0 Å². The van der Waals surface area contributed by atoms with Crippen molar-refractivity contribution in [2.75, 3.05) is 5.73 Å². The lowest BCUT2D eigenvalue weighted by Gasteiger charge is -2.47. The number of nitrogens with one attached hydrogen (secondary N) is 1. The molecule has 3 rings (SSSR count). The second kappa shape index (κ2) is 7.91. The molecule has 0 aliphatic carbocycles. The van der Waals surface area contributed by atoms with Gasteiger partial charge in [0.2, 0.25) is 5.91 Å². The Hall–Kier alpha value is -3.04. The number of halogens is 1. The van der Waals surface area contributed by atoms with Crippen LogP contribution in [0.3, 0.4) is 0 Å². The Kier molecular flexibility index (Phi) is 5.57. The van der Waals surface area contributed by atoms with Crippen LogP contribution in [0.4, 0.5) is 10.2 Å². The minimum absolute atomic E-state index is 0.180. The highest BCUT2D eigenvalue weighted by Gasteiger charge is 2.54. The summed E-state index contributed by atoms with van der Waals surface area (Å²) in [5.41, 5.74) is 7.00. The summed E-state index contributed by atoms with van der Waals surface area (Å²) in [6, 6.07) is 7.29. The molecule has 1 saturated heterocycles. The number of aliphatic carboxylic acids is 1. The minimum atomic E-state index is -1.49. The summed E-state index contributed by atoms with van der Waals surface area (Å²) >= 11 is 0. The molecule has 0 bridgehead atoms. The molecule has 0 radical (unpaired) electrons. The van der Waals surface area contributed by atoms with E-state index in [9.17, 15) is 24.2 Å². The maximum atomic E-state index is 13.0. The Bertz CT molecular complexity index is 876. The normalized spacial score (nSPS) is 21.1. The number of carboxylic acids is 1. The number of hydrogen-bond acceptors (Lipinski definition) is 6. The lowest BCUT2D eigenvalue weighted by Crippen LogP contribution is -2.70. The number of amides is 1. The minimum Gasteiger partial charge on any atom is -0.480 e. The predicted molar refractivity (Wildman–Crippen MR) is 98.1 cm³/mol. The van der Waals surface area contributed by atoms with Crippen LogP contribution < -0.4 is 11.1 Å². The van der Waals surface area contributed by atoms with Gasteiger partial charge < -0.3 is 15.9 Å². The number of likely N-dealkylation sites (tertiary alicyclic amines) is 1. The van der Waals surface area contributed by atoms with Gasteiger partial charge in [-0.1, -0.05) is 12.1 Å². The molecule has 5 N–H and O–H groups in total. The van der Waals surface area contributed by atoms with Crippen LogP contribution in [0.25, 0.3) is 0 Å². The van der Waals surface area contributed by atoms with Crippen molar-refractivity contribution in [2.24, 2.45) is 5.92 Å². The van der Waals surface area contributed by atoms with E-state index in [0.29, 0.717) is 11.1 Å². The molecule has 2 heterocycles. The third-order valence-corrected chi connectivity index (χ3v) is 4.84. The van der Waals surface area contributed by atoms with E-state index in [0.717, 1.165) is 4.90 Å². The number of β-lactam (4-membered cyclic amide) rings is 1. The number of carbonyl (C=O) groups excluding carboxylic acids is 1. The Morgan fingerprint density at radius 1 is 1.36 bits per heavy atom. The monoisotopic (exact) mass is 388 g/mol. The smallest absolute Gasteiger partial charge is 0.327 e. The second-order valence-electron chi connectivity index (χ2n) is 6.74. The molecule has 9 heteroatoms. The number of aliphatic hydroxyl groups excluding tert-OH is 1. The quantitative estimate of drug-likeness (QED) is 0.409. The number of pyridine rings is 1. The summed E-state index contributed by atoms with van der Waals surface area (Å²) in [6.45, 7) is 1.72. The number of rotatable bonds is 7. The van der Waals surface area contributed by atoms with E-state index in [1.54, 1.807) is 31.2 Å². The van der Waals surface area contributed by atoms with Gasteiger partial charge in [-0.15, -0.1) is 0 Å². The Balaban J connectivity index is 1.69. The highest BCUT2D eigenvalue weighted by atomic mass is 19.1. The summed E-state index contributed by atoms with van der Waals surface area (Å²) in [5, 5.41) is 22.7. The summed E-state index contributed by atoms with van der Waals surface area (Å²) in [6.07, 6.45) is 0.175. The third-order valence-electron chi connectivity index (χ3n) is 4.84. The van der Waals surface area contributed by atoms with Crippen LogP contribution in [0.1, 0.15) is 24.1 Å². The molecule has 8 nitrogen and oxygen atoms in total. The molecule has 4 atom stereocenters. The molecule has 1 aromatic heterocycles. The van der Waals surface area contributed by atoms with Crippen LogP contribution in [0, 0.1) is 11.7 Å². The van der Waals surface area contributed by atoms with Gasteiger partial charge in [-0.25, -0.2) is 14.2 Å². The Morgan fingerprint density at radius 3 is 2.64 bits per heavy atom. The molecule has 1 amide bonds. The molecule has 28 heavy (non-hydrogen) atoms. The maximum Gasteiger partial charge on any atom is 0.327 e. The first-order valence-electron chi connectivity index (χ1n) is 8.73. The third kappa shape index (κ3) is 3.95. The highest BCUT2D eigenvalue weighted by molar-refractivity contribution is 5.96. The van der Waals surface area contributed by atoms with Crippen LogP contribution in [0.5, 0.6) is 0 Å². The van der Waals surface area contributed by atoms with Crippen molar-refractivity contribution >= 4 is 17.7 Å². The van der Waals surface area contributed by atoms with E-state index in [2.05, 4.69) is 10.3 Å². The van der Waals surface area contributed by atoms with Crippen LogP contribution >= 0.6 is 0 Å². The molecule has 0 saturated carbocycles. The molecule has 4 unspecified atom stereocenters. The SMILES string of the molecule is CC(NC(O)N1C(=O)C(Cc2ccnc(N)c2)C1C(=O)O)c1ccc(F)cc1. The van der Waals surface area contributed by atoms with Gasteiger partial charge >= 0.3 is 5.97 Å². The fourth-order valence-electron chi connectivity index (χ4n) is 3.36. The van der Waals surface area contributed by atoms with Gasteiger partial charge in [-0.2, -0.15) is 0 Å². The summed E-state index contributed by atoms with van der Waals surface area (Å²) in [4.78, 5) is 29.0. The van der Waals surface area contributed by atoms with Crippen molar-refractivity contribution in [3.63, 3.8) is 0 Å². The van der Waals surface area contributed by atoms with Gasteiger partial charge in [-0.05, 0) is 48.7 Å². The van der Waals surface area contributed by atoms with Gasteiger partial charge in [0.05, 0.1) is 5.92 Å². The fourth-order valence-corrected chi connectivity index (χ4v) is 3.36. The first-order chi connectivity index (χ1) is 13.3. The standard InChI is InChI=1S/C19H21FN4O4/c1-10(12-2-4-13(20)5-3-12)23-19(28)24-16(18(26)27)14(17(24)25)8-11-6-7-22-15(21)9-11/h2-7,9-10,14,16,19,23,28H,8H2,1H3,(H2,21,22)(H,26,27). The summed E-state index contributed by atoms with van der Waals surface area (Å²) in [5.74, 6) is -2.60. The summed E-state index contributed by atoms with van der Waals surface area (Å²) < 4.78 is 13.0. The van der Waals surface area contributed by atoms with Crippen molar-refractivity contribution in [2.45, 2.75) is 31.8 Å². The van der Waals surface area contributed by atoms with E-state index in [4.69, 9.17) is 5.73 Å². The van der Waals surface area contributed by atoms with Gasteiger partial charge in [0.1, 0.15) is 17.7 Å². The zero-order chi connectivity index (χ0) is 20.4. The van der Waals surface area contributed by atoms with Gasteiger partial charge in [0.25, 0.3) is 0 Å². The van der Waals surface area contributed by atoms with Crippen LogP contribution in [0.15, 0.2) is 42.6 Å². The maximum absolute atomic E-state index is 13.0. The Labute approximate surface area is 160 Å². The highest BCUT2D eigenvalue weighted by Crippen LogP contribution is 2.32. The lowest BCUT2D eigenvalue weighted by atomic mass is 9.82. The molecule has 1 fully saturated rings. The fraction of sp³-hybridized carbons (Fsp3) is 0.316. The average Bonchev–Trinajstić information content (AvgIpc) is 2.63. The average molecular weight is 388 g/mol. The van der Waals surface area contributed by atoms with Crippen molar-refractivity contribution in [1.82, 2.24) is 15.2 Å². The van der Waals surface area contributed by atoms with Crippen molar-refractivity contribution in [3.05, 3.63) is 59.5 Å². The number of hydrogen-bond donors (Lipinski definition) is 4. The molecule has 1 aliphatic rings. The van der Waals surface area contributed by atoms with Crippen molar-refractivity contribution < 1.29 is 24.2 Å². The molecule has 2 aromatic rings. The van der Waals surface area contributed by atoms with Crippen molar-refractivity contribution in [3.8, 4) is 0 Å². The number of aromatic nitrogens is 1. The predicted octanol–water partition coefficient (Wildman–Crippen LogP) is 0.884. The number of carbonyl (C=O) groups is 2. The van der Waals surface area contributed by atoms with E-state index in [1.165, 1.54) is 18.3 Å². The van der Waals surface area contributed by atoms with E-state index in [-0.39, 0.29) is 18.1 Å². The Morgan fingerprint density at radius 2 is 2.04 bits per heavy atom. The molecule has 0 spiro atoms. The number of benzene rings is 1. The number of nitrogens with two attached hydrogens (primary N) is 1. The number of anilines is 1.